The van der Waals surface area contributed by atoms with E-state index in [0.29, 0.717) is 10.3 Å². The second-order valence-electron chi connectivity index (χ2n) is 4.11. The SMILES string of the molecule is CC1CCCC1C(=O)c1cc(Br)c(Cl)s1. The summed E-state index contributed by atoms with van der Waals surface area (Å²) in [5.41, 5.74) is 0. The van der Waals surface area contributed by atoms with E-state index in [9.17, 15) is 4.79 Å². The van der Waals surface area contributed by atoms with Crippen molar-refractivity contribution >= 4 is 44.7 Å². The van der Waals surface area contributed by atoms with Gasteiger partial charge in [0.05, 0.1) is 4.88 Å². The molecule has 82 valence electrons. The topological polar surface area (TPSA) is 17.1 Å². The highest BCUT2D eigenvalue weighted by Gasteiger charge is 2.31. The van der Waals surface area contributed by atoms with Crippen LogP contribution in [0.15, 0.2) is 10.5 Å². The largest absolute Gasteiger partial charge is 0.293 e. The van der Waals surface area contributed by atoms with E-state index in [-0.39, 0.29) is 11.7 Å². The molecule has 2 unspecified atom stereocenters. The van der Waals surface area contributed by atoms with Crippen LogP contribution in [0.5, 0.6) is 0 Å². The molecule has 1 nitrogen and oxygen atoms in total. The molecular formula is C11H12BrClOS. The van der Waals surface area contributed by atoms with Crippen LogP contribution >= 0.6 is 38.9 Å². The van der Waals surface area contributed by atoms with Gasteiger partial charge in [0.15, 0.2) is 5.78 Å². The molecule has 1 heterocycles. The molecule has 0 amide bonds. The van der Waals surface area contributed by atoms with Gasteiger partial charge in [-0.3, -0.25) is 4.79 Å². The molecule has 0 radical (unpaired) electrons. The Hall–Kier alpha value is 0.140. The second-order valence-corrected chi connectivity index (χ2v) is 6.62. The summed E-state index contributed by atoms with van der Waals surface area (Å²) in [4.78, 5) is 13.0. The number of thiophene rings is 1. The number of hydrogen-bond acceptors (Lipinski definition) is 2. The summed E-state index contributed by atoms with van der Waals surface area (Å²) in [5, 5.41) is 0. The first-order valence-corrected chi connectivity index (χ1v) is 7.07. The maximum Gasteiger partial charge on any atom is 0.176 e. The van der Waals surface area contributed by atoms with Crippen molar-refractivity contribution in [2.24, 2.45) is 11.8 Å². The Balaban J connectivity index is 2.20. The quantitative estimate of drug-likeness (QED) is 0.718. The molecule has 0 saturated heterocycles. The first kappa shape index (κ1) is 11.6. The number of rotatable bonds is 2. The average Bonchev–Trinajstić information content (AvgIpc) is 2.74. The third-order valence-electron chi connectivity index (χ3n) is 3.09. The molecule has 0 spiro atoms. The first-order valence-electron chi connectivity index (χ1n) is 5.08. The molecule has 0 bridgehead atoms. The zero-order valence-electron chi connectivity index (χ0n) is 8.43. The van der Waals surface area contributed by atoms with Crippen LogP contribution in [0.3, 0.4) is 0 Å². The Morgan fingerprint density at radius 2 is 2.33 bits per heavy atom. The van der Waals surface area contributed by atoms with Crippen molar-refractivity contribution in [1.82, 2.24) is 0 Å². The van der Waals surface area contributed by atoms with Gasteiger partial charge in [0.2, 0.25) is 0 Å². The van der Waals surface area contributed by atoms with Gasteiger partial charge in [0.25, 0.3) is 0 Å². The highest BCUT2D eigenvalue weighted by atomic mass is 79.9. The minimum absolute atomic E-state index is 0.214. The van der Waals surface area contributed by atoms with Crippen molar-refractivity contribution in [2.45, 2.75) is 26.2 Å². The Kier molecular flexibility index (Phi) is 3.53. The lowest BCUT2D eigenvalue weighted by Crippen LogP contribution is -2.15. The Labute approximate surface area is 107 Å². The van der Waals surface area contributed by atoms with E-state index >= 15 is 0 Å². The summed E-state index contributed by atoms with van der Waals surface area (Å²) in [7, 11) is 0. The van der Waals surface area contributed by atoms with Gasteiger partial charge in [-0.2, -0.15) is 0 Å². The van der Waals surface area contributed by atoms with Crippen molar-refractivity contribution in [1.29, 1.82) is 0 Å². The Morgan fingerprint density at radius 1 is 1.60 bits per heavy atom. The average molecular weight is 308 g/mol. The van der Waals surface area contributed by atoms with Crippen LogP contribution < -0.4 is 0 Å². The maximum absolute atomic E-state index is 12.2. The molecule has 15 heavy (non-hydrogen) atoms. The zero-order valence-corrected chi connectivity index (χ0v) is 11.6. The van der Waals surface area contributed by atoms with Gasteiger partial charge >= 0.3 is 0 Å². The molecule has 1 fully saturated rings. The molecule has 1 saturated carbocycles. The summed E-state index contributed by atoms with van der Waals surface area (Å²) >= 11 is 10.7. The lowest BCUT2D eigenvalue weighted by molar-refractivity contribution is 0.0901. The summed E-state index contributed by atoms with van der Waals surface area (Å²) in [6, 6.07) is 1.85. The minimum atomic E-state index is 0.214. The van der Waals surface area contributed by atoms with Crippen LogP contribution in [0.1, 0.15) is 35.9 Å². The molecule has 2 rings (SSSR count). The van der Waals surface area contributed by atoms with Crippen molar-refractivity contribution < 1.29 is 4.79 Å². The smallest absolute Gasteiger partial charge is 0.176 e. The molecule has 0 N–H and O–H groups in total. The predicted octanol–water partition coefficient (Wildman–Crippen LogP) is 4.78. The molecule has 1 aromatic rings. The van der Waals surface area contributed by atoms with Gasteiger partial charge in [0.1, 0.15) is 4.34 Å². The van der Waals surface area contributed by atoms with Crippen LogP contribution in [0.25, 0.3) is 0 Å². The van der Waals surface area contributed by atoms with Crippen LogP contribution in [0.2, 0.25) is 4.34 Å². The second kappa shape index (κ2) is 4.56. The fourth-order valence-corrected chi connectivity index (χ4v) is 3.89. The van der Waals surface area contributed by atoms with Gasteiger partial charge in [-0.05, 0) is 40.8 Å². The summed E-state index contributed by atoms with van der Waals surface area (Å²) in [5.74, 6) is 1.02. The van der Waals surface area contributed by atoms with Gasteiger partial charge < -0.3 is 0 Å². The van der Waals surface area contributed by atoms with E-state index < -0.39 is 0 Å². The van der Waals surface area contributed by atoms with Gasteiger partial charge in [-0.1, -0.05) is 24.9 Å². The Morgan fingerprint density at radius 3 is 2.80 bits per heavy atom. The summed E-state index contributed by atoms with van der Waals surface area (Å²) in [6.45, 7) is 2.17. The molecule has 4 heteroatoms. The fraction of sp³-hybridized carbons (Fsp3) is 0.545. The maximum atomic E-state index is 12.2. The van der Waals surface area contributed by atoms with E-state index in [1.54, 1.807) is 0 Å². The van der Waals surface area contributed by atoms with E-state index in [2.05, 4.69) is 22.9 Å². The molecule has 2 atom stereocenters. The zero-order chi connectivity index (χ0) is 11.0. The van der Waals surface area contributed by atoms with Gasteiger partial charge in [0, 0.05) is 10.4 Å². The lowest BCUT2D eigenvalue weighted by Gasteiger charge is -2.11. The van der Waals surface area contributed by atoms with Crippen LogP contribution in [0.4, 0.5) is 0 Å². The molecule has 1 aromatic heterocycles. The van der Waals surface area contributed by atoms with E-state index in [4.69, 9.17) is 11.6 Å². The number of ketones is 1. The van der Waals surface area contributed by atoms with Crippen LogP contribution in [-0.4, -0.2) is 5.78 Å². The molecule has 1 aliphatic carbocycles. The predicted molar refractivity (Wildman–Crippen MR) is 67.9 cm³/mol. The van der Waals surface area contributed by atoms with Gasteiger partial charge in [-0.25, -0.2) is 0 Å². The fourth-order valence-electron chi connectivity index (χ4n) is 2.19. The normalized spacial score (nSPS) is 25.8. The molecular weight excluding hydrogens is 296 g/mol. The standard InChI is InChI=1S/C11H12BrClOS/c1-6-3-2-4-7(6)10(14)9-5-8(12)11(13)15-9/h5-7H,2-4H2,1H3. The van der Waals surface area contributed by atoms with Gasteiger partial charge in [-0.15, -0.1) is 11.3 Å². The first-order chi connectivity index (χ1) is 7.09. The summed E-state index contributed by atoms with van der Waals surface area (Å²) < 4.78 is 1.51. The highest BCUT2D eigenvalue weighted by Crippen LogP contribution is 2.38. The number of Topliss-reactive ketones (excluding diaryl/α,β-unsaturated/α-hetero) is 1. The number of halogens is 2. The van der Waals surface area contributed by atoms with E-state index in [0.717, 1.165) is 15.8 Å². The third-order valence-corrected chi connectivity index (χ3v) is 5.58. The molecule has 0 aliphatic heterocycles. The number of hydrogen-bond donors (Lipinski definition) is 0. The van der Waals surface area contributed by atoms with E-state index in [1.807, 2.05) is 6.07 Å². The van der Waals surface area contributed by atoms with E-state index in [1.165, 1.54) is 24.2 Å². The van der Waals surface area contributed by atoms with Crippen molar-refractivity contribution in [3.63, 3.8) is 0 Å². The minimum Gasteiger partial charge on any atom is -0.293 e. The van der Waals surface area contributed by atoms with Crippen LogP contribution in [-0.2, 0) is 0 Å². The van der Waals surface area contributed by atoms with Crippen molar-refractivity contribution in [3.05, 3.63) is 19.8 Å². The summed E-state index contributed by atoms with van der Waals surface area (Å²) in [6.07, 6.45) is 3.39. The lowest BCUT2D eigenvalue weighted by atomic mass is 9.93. The highest BCUT2D eigenvalue weighted by molar-refractivity contribution is 9.10. The van der Waals surface area contributed by atoms with Crippen molar-refractivity contribution in [2.75, 3.05) is 0 Å². The molecule has 1 aliphatic rings. The van der Waals surface area contributed by atoms with Crippen molar-refractivity contribution in [3.8, 4) is 0 Å². The molecule has 0 aromatic carbocycles. The monoisotopic (exact) mass is 306 g/mol. The number of carbonyl (C=O) groups excluding carboxylic acids is 1. The third kappa shape index (κ3) is 2.29. The van der Waals surface area contributed by atoms with Crippen LogP contribution in [0, 0.1) is 11.8 Å². The Bertz CT molecular complexity index is 368. The number of carbonyl (C=O) groups is 1.